The fourth-order valence-electron chi connectivity index (χ4n) is 3.43. The van der Waals surface area contributed by atoms with Crippen molar-refractivity contribution >= 4 is 5.91 Å². The molecule has 0 aromatic carbocycles. The van der Waals surface area contributed by atoms with Gasteiger partial charge in [0.1, 0.15) is 12.3 Å². The Morgan fingerprint density at radius 2 is 2.25 bits per heavy atom. The van der Waals surface area contributed by atoms with E-state index in [9.17, 15) is 15.0 Å². The maximum atomic E-state index is 11.9. The predicted molar refractivity (Wildman–Crippen MR) is 70.8 cm³/mol. The standard InChI is InChI=1S/C12H21N5O3/c1-5-6(3-18)8(19)2-7(5)17-4-14-9-10(17)15-12(13)16-11(9)20/h6-10,12,14-15,18-19H,1-4,13H2,(H,16,20)/t6-,7-,8-,9?,10?,12?/m0/s1. The molecule has 6 atom stereocenters. The number of carbonyl (C=O) groups is 1. The number of hydrogen-bond donors (Lipinski definition) is 6. The summed E-state index contributed by atoms with van der Waals surface area (Å²) in [7, 11) is 0. The zero-order valence-corrected chi connectivity index (χ0v) is 11.1. The summed E-state index contributed by atoms with van der Waals surface area (Å²) in [6.07, 6.45) is -0.903. The molecule has 3 rings (SSSR count). The van der Waals surface area contributed by atoms with Gasteiger partial charge in [-0.05, 0) is 6.42 Å². The van der Waals surface area contributed by atoms with Gasteiger partial charge in [0, 0.05) is 12.0 Å². The second-order valence-electron chi connectivity index (χ2n) is 5.63. The minimum atomic E-state index is -0.595. The van der Waals surface area contributed by atoms with Gasteiger partial charge >= 0.3 is 0 Å². The largest absolute Gasteiger partial charge is 0.396 e. The van der Waals surface area contributed by atoms with Crippen LogP contribution in [-0.2, 0) is 4.79 Å². The Bertz CT molecular complexity index is 431. The highest BCUT2D eigenvalue weighted by atomic mass is 16.3. The van der Waals surface area contributed by atoms with Crippen molar-refractivity contribution in [2.75, 3.05) is 13.3 Å². The molecule has 0 aromatic rings. The average molecular weight is 283 g/mol. The molecule has 1 amide bonds. The fourth-order valence-corrected chi connectivity index (χ4v) is 3.43. The van der Waals surface area contributed by atoms with Crippen molar-refractivity contribution < 1.29 is 15.0 Å². The molecule has 3 aliphatic rings. The molecule has 1 saturated carbocycles. The Balaban J connectivity index is 1.78. The van der Waals surface area contributed by atoms with Crippen LogP contribution < -0.4 is 21.7 Å². The van der Waals surface area contributed by atoms with Gasteiger partial charge < -0.3 is 15.5 Å². The summed E-state index contributed by atoms with van der Waals surface area (Å²) in [6.45, 7) is 4.41. The van der Waals surface area contributed by atoms with Crippen LogP contribution in [0.1, 0.15) is 6.42 Å². The molecule has 0 bridgehead atoms. The molecule has 2 saturated heterocycles. The van der Waals surface area contributed by atoms with E-state index in [-0.39, 0.29) is 36.7 Å². The molecule has 0 spiro atoms. The molecule has 0 aromatic heterocycles. The number of fused-ring (bicyclic) bond motifs is 1. The minimum absolute atomic E-state index is 0.0738. The van der Waals surface area contributed by atoms with Gasteiger partial charge in [-0.15, -0.1) is 0 Å². The highest BCUT2D eigenvalue weighted by molar-refractivity contribution is 5.84. The van der Waals surface area contributed by atoms with E-state index in [1.807, 2.05) is 4.90 Å². The zero-order chi connectivity index (χ0) is 14.4. The summed E-state index contributed by atoms with van der Waals surface area (Å²) in [5.41, 5.74) is 6.56. The lowest BCUT2D eigenvalue weighted by atomic mass is 10.0. The number of amides is 1. The Hall–Kier alpha value is -1.03. The first-order chi connectivity index (χ1) is 9.52. The third-order valence-electron chi connectivity index (χ3n) is 4.53. The van der Waals surface area contributed by atoms with Gasteiger partial charge in [-0.3, -0.25) is 26.1 Å². The normalized spacial score (nSPS) is 45.5. The Morgan fingerprint density at radius 1 is 1.50 bits per heavy atom. The number of aliphatic hydroxyl groups excluding tert-OH is 2. The van der Waals surface area contributed by atoms with E-state index in [1.54, 1.807) is 0 Å². The van der Waals surface area contributed by atoms with E-state index in [4.69, 9.17) is 5.73 Å². The van der Waals surface area contributed by atoms with E-state index >= 15 is 0 Å². The fraction of sp³-hybridized carbons (Fsp3) is 0.750. The quantitative estimate of drug-likeness (QED) is 0.295. The minimum Gasteiger partial charge on any atom is -0.396 e. The molecule has 112 valence electrons. The first-order valence-corrected chi connectivity index (χ1v) is 6.81. The lowest BCUT2D eigenvalue weighted by Crippen LogP contribution is -2.70. The molecule has 0 radical (unpaired) electrons. The van der Waals surface area contributed by atoms with Gasteiger partial charge in [0.05, 0.1) is 25.5 Å². The summed E-state index contributed by atoms with van der Waals surface area (Å²) < 4.78 is 0. The highest BCUT2D eigenvalue weighted by Crippen LogP contribution is 2.35. The van der Waals surface area contributed by atoms with Gasteiger partial charge in [0.2, 0.25) is 5.91 Å². The van der Waals surface area contributed by atoms with Crippen molar-refractivity contribution in [2.45, 2.75) is 37.1 Å². The van der Waals surface area contributed by atoms with Gasteiger partial charge in [0.25, 0.3) is 0 Å². The van der Waals surface area contributed by atoms with Crippen molar-refractivity contribution in [1.29, 1.82) is 0 Å². The Labute approximate surface area is 117 Å². The number of nitrogens with zero attached hydrogens (tertiary/aromatic N) is 1. The summed E-state index contributed by atoms with van der Waals surface area (Å²) in [4.78, 5) is 13.9. The summed E-state index contributed by atoms with van der Waals surface area (Å²) in [5, 5.41) is 28.2. The van der Waals surface area contributed by atoms with E-state index in [0.717, 1.165) is 5.57 Å². The van der Waals surface area contributed by atoms with Gasteiger partial charge in [-0.1, -0.05) is 12.2 Å². The molecule has 3 unspecified atom stereocenters. The molecular weight excluding hydrogens is 262 g/mol. The van der Waals surface area contributed by atoms with Crippen molar-refractivity contribution in [2.24, 2.45) is 11.7 Å². The van der Waals surface area contributed by atoms with Crippen LogP contribution in [0.5, 0.6) is 0 Å². The summed E-state index contributed by atoms with van der Waals surface area (Å²) in [6, 6.07) is -0.442. The third kappa shape index (κ3) is 2.05. The highest BCUT2D eigenvalue weighted by Gasteiger charge is 2.49. The van der Waals surface area contributed by atoms with Crippen LogP contribution >= 0.6 is 0 Å². The number of nitrogens with one attached hydrogen (secondary N) is 3. The average Bonchev–Trinajstić information content (AvgIpc) is 2.91. The number of hydrogen-bond acceptors (Lipinski definition) is 7. The maximum absolute atomic E-state index is 11.9. The van der Waals surface area contributed by atoms with Crippen LogP contribution in [0.2, 0.25) is 0 Å². The van der Waals surface area contributed by atoms with Crippen LogP contribution in [0.3, 0.4) is 0 Å². The lowest BCUT2D eigenvalue weighted by molar-refractivity contribution is -0.127. The van der Waals surface area contributed by atoms with Crippen LogP contribution in [0.15, 0.2) is 12.2 Å². The predicted octanol–water partition coefficient (Wildman–Crippen LogP) is -3.20. The lowest BCUT2D eigenvalue weighted by Gasteiger charge is -2.37. The van der Waals surface area contributed by atoms with Crippen LogP contribution in [0.25, 0.3) is 0 Å². The van der Waals surface area contributed by atoms with Crippen molar-refractivity contribution in [3.8, 4) is 0 Å². The second-order valence-corrected chi connectivity index (χ2v) is 5.63. The van der Waals surface area contributed by atoms with Gasteiger partial charge in [0.15, 0.2) is 0 Å². The summed E-state index contributed by atoms with van der Waals surface area (Å²) in [5.74, 6) is -0.434. The molecule has 8 heteroatoms. The number of rotatable bonds is 2. The smallest absolute Gasteiger partial charge is 0.242 e. The second kappa shape index (κ2) is 5.06. The van der Waals surface area contributed by atoms with E-state index < -0.39 is 12.4 Å². The van der Waals surface area contributed by atoms with E-state index in [2.05, 4.69) is 22.5 Å². The topological polar surface area (TPSA) is 123 Å². The van der Waals surface area contributed by atoms with E-state index in [0.29, 0.717) is 13.1 Å². The maximum Gasteiger partial charge on any atom is 0.242 e. The zero-order valence-electron chi connectivity index (χ0n) is 11.1. The van der Waals surface area contributed by atoms with Gasteiger partial charge in [-0.2, -0.15) is 0 Å². The first-order valence-electron chi connectivity index (χ1n) is 6.81. The molecule has 8 nitrogen and oxygen atoms in total. The molecule has 2 aliphatic heterocycles. The van der Waals surface area contributed by atoms with Crippen molar-refractivity contribution in [3.63, 3.8) is 0 Å². The molecular formula is C12H21N5O3. The molecule has 20 heavy (non-hydrogen) atoms. The molecule has 1 aliphatic carbocycles. The number of aliphatic hydroxyl groups is 2. The third-order valence-corrected chi connectivity index (χ3v) is 4.53. The summed E-state index contributed by atoms with van der Waals surface area (Å²) >= 11 is 0. The van der Waals surface area contributed by atoms with Gasteiger partial charge in [-0.25, -0.2) is 0 Å². The molecule has 2 heterocycles. The van der Waals surface area contributed by atoms with Crippen LogP contribution in [-0.4, -0.2) is 64.9 Å². The first kappa shape index (κ1) is 13.9. The van der Waals surface area contributed by atoms with Crippen molar-refractivity contribution in [3.05, 3.63) is 12.2 Å². The number of nitrogens with two attached hydrogens (primary N) is 1. The molecule has 7 N–H and O–H groups in total. The Kier molecular flexibility index (Phi) is 3.53. The van der Waals surface area contributed by atoms with Crippen LogP contribution in [0, 0.1) is 5.92 Å². The van der Waals surface area contributed by atoms with E-state index in [1.165, 1.54) is 0 Å². The van der Waals surface area contributed by atoms with Crippen molar-refractivity contribution in [1.82, 2.24) is 20.9 Å². The Morgan fingerprint density at radius 3 is 2.90 bits per heavy atom. The number of carbonyl (C=O) groups excluding carboxylic acids is 1. The molecule has 3 fully saturated rings. The SMILES string of the molecule is C=C1[C@H](CO)[C@@H](O)C[C@@H]1N1CNC2C(=O)NC(N)NC21. The monoisotopic (exact) mass is 283 g/mol. The van der Waals surface area contributed by atoms with Crippen LogP contribution in [0.4, 0.5) is 0 Å².